The Hall–Kier alpha value is -1.36. The number of halogens is 2. The fourth-order valence-electron chi connectivity index (χ4n) is 3.98. The van der Waals surface area contributed by atoms with Gasteiger partial charge in [0, 0.05) is 36.8 Å². The van der Waals surface area contributed by atoms with Crippen molar-refractivity contribution in [2.45, 2.75) is 43.8 Å². The molecule has 2 aromatic rings. The Labute approximate surface area is 154 Å². The van der Waals surface area contributed by atoms with E-state index in [2.05, 4.69) is 10.3 Å². The Bertz CT molecular complexity index is 707. The summed E-state index contributed by atoms with van der Waals surface area (Å²) < 4.78 is 0. The Morgan fingerprint density at radius 1 is 1.12 bits per heavy atom. The van der Waals surface area contributed by atoms with Gasteiger partial charge in [-0.25, -0.2) is 0 Å². The van der Waals surface area contributed by atoms with Crippen LogP contribution in [0.5, 0.6) is 0 Å². The van der Waals surface area contributed by atoms with Gasteiger partial charge in [0.15, 0.2) is 0 Å². The van der Waals surface area contributed by atoms with Crippen LogP contribution >= 0.6 is 24.8 Å². The maximum absolute atomic E-state index is 13.0. The number of nitrogens with zero attached hydrogens (tertiary/aromatic N) is 2. The van der Waals surface area contributed by atoms with E-state index in [1.807, 2.05) is 42.3 Å². The number of carbonyl (C=O) groups is 1. The van der Waals surface area contributed by atoms with Gasteiger partial charge in [0.05, 0.1) is 11.1 Å². The summed E-state index contributed by atoms with van der Waals surface area (Å²) in [6, 6.07) is 11.3. The zero-order chi connectivity index (χ0) is 15.1. The molecule has 1 N–H and O–H groups in total. The van der Waals surface area contributed by atoms with E-state index in [-0.39, 0.29) is 30.7 Å². The lowest BCUT2D eigenvalue weighted by molar-refractivity contribution is 0.0683. The van der Waals surface area contributed by atoms with Crippen molar-refractivity contribution in [1.82, 2.24) is 15.2 Å². The van der Waals surface area contributed by atoms with Gasteiger partial charge < -0.3 is 10.2 Å². The first-order valence-electron chi connectivity index (χ1n) is 8.09. The molecule has 1 aromatic carbocycles. The van der Waals surface area contributed by atoms with Crippen molar-refractivity contribution in [3.63, 3.8) is 0 Å². The summed E-state index contributed by atoms with van der Waals surface area (Å²) in [4.78, 5) is 19.3. The molecule has 2 saturated heterocycles. The zero-order valence-electron chi connectivity index (χ0n) is 13.6. The number of pyridine rings is 1. The highest BCUT2D eigenvalue weighted by Gasteiger charge is 2.36. The van der Waals surface area contributed by atoms with E-state index >= 15 is 0 Å². The summed E-state index contributed by atoms with van der Waals surface area (Å²) in [6.07, 6.45) is 6.38. The van der Waals surface area contributed by atoms with Gasteiger partial charge in [-0.2, -0.15) is 0 Å². The molecule has 3 heterocycles. The second-order valence-corrected chi connectivity index (χ2v) is 6.56. The van der Waals surface area contributed by atoms with Crippen molar-refractivity contribution in [3.8, 4) is 0 Å². The number of nitrogens with one attached hydrogen (secondary N) is 1. The van der Waals surface area contributed by atoms with Crippen LogP contribution in [0.25, 0.3) is 10.9 Å². The average molecular weight is 368 g/mol. The fraction of sp³-hybridized carbons (Fsp3) is 0.444. The highest BCUT2D eigenvalue weighted by molar-refractivity contribution is 6.05. The maximum Gasteiger partial charge on any atom is 0.256 e. The minimum Gasteiger partial charge on any atom is -0.339 e. The lowest BCUT2D eigenvalue weighted by Gasteiger charge is -2.35. The van der Waals surface area contributed by atoms with E-state index in [0.29, 0.717) is 23.7 Å². The Morgan fingerprint density at radius 2 is 1.79 bits per heavy atom. The molecule has 1 aromatic heterocycles. The van der Waals surface area contributed by atoms with Crippen LogP contribution in [0.1, 0.15) is 36.0 Å². The second-order valence-electron chi connectivity index (χ2n) is 6.56. The van der Waals surface area contributed by atoms with E-state index in [9.17, 15) is 4.79 Å². The molecule has 0 saturated carbocycles. The van der Waals surface area contributed by atoms with Crippen LogP contribution in [0.3, 0.4) is 0 Å². The van der Waals surface area contributed by atoms with E-state index in [1.54, 1.807) is 6.20 Å². The molecule has 1 amide bonds. The molecule has 4 rings (SSSR count). The molecule has 0 radical (unpaired) electrons. The van der Waals surface area contributed by atoms with Gasteiger partial charge >= 0.3 is 0 Å². The molecule has 24 heavy (non-hydrogen) atoms. The standard InChI is InChI=1S/C18H21N3O.2ClH/c1-21(15-10-13-7-8-14(11-15)20-13)18(22)16-6-2-4-12-5-3-9-19-17(12)16;;/h2-6,9,13-15,20H,7-8,10-11H2,1H3;2*1H. The predicted octanol–water partition coefficient (Wildman–Crippen LogP) is 3.43. The van der Waals surface area contributed by atoms with Crippen molar-refractivity contribution in [2.24, 2.45) is 0 Å². The average Bonchev–Trinajstić information content (AvgIpc) is 2.91. The molecule has 2 aliphatic heterocycles. The van der Waals surface area contributed by atoms with Crippen LogP contribution in [-0.2, 0) is 0 Å². The Balaban J connectivity index is 0.00000104. The maximum atomic E-state index is 13.0. The molecule has 0 spiro atoms. The molecule has 6 heteroatoms. The molecular formula is C18H23Cl2N3O. The van der Waals surface area contributed by atoms with Crippen molar-refractivity contribution < 1.29 is 4.79 Å². The van der Waals surface area contributed by atoms with Gasteiger partial charge in [0.25, 0.3) is 5.91 Å². The summed E-state index contributed by atoms with van der Waals surface area (Å²) in [5.41, 5.74) is 1.52. The number of piperidine rings is 1. The second kappa shape index (κ2) is 7.68. The SMILES string of the molecule is CN(C(=O)c1cccc2cccnc12)C1CC2CCC(C1)N2.Cl.Cl. The van der Waals surface area contributed by atoms with Gasteiger partial charge in [-0.3, -0.25) is 9.78 Å². The van der Waals surface area contributed by atoms with Crippen LogP contribution in [0.4, 0.5) is 0 Å². The largest absolute Gasteiger partial charge is 0.339 e. The Kier molecular flexibility index (Phi) is 6.07. The summed E-state index contributed by atoms with van der Waals surface area (Å²) in [5, 5.41) is 4.65. The Morgan fingerprint density at radius 3 is 2.50 bits per heavy atom. The van der Waals surface area contributed by atoms with Crippen LogP contribution in [-0.4, -0.2) is 41.0 Å². The van der Waals surface area contributed by atoms with Crippen LogP contribution in [0.2, 0.25) is 0 Å². The van der Waals surface area contributed by atoms with Crippen molar-refractivity contribution in [3.05, 3.63) is 42.1 Å². The number of hydrogen-bond acceptors (Lipinski definition) is 3. The van der Waals surface area contributed by atoms with Crippen molar-refractivity contribution in [2.75, 3.05) is 7.05 Å². The van der Waals surface area contributed by atoms with Crippen LogP contribution in [0, 0.1) is 0 Å². The number of rotatable bonds is 2. The lowest BCUT2D eigenvalue weighted by atomic mass is 9.97. The third-order valence-electron chi connectivity index (χ3n) is 5.18. The van der Waals surface area contributed by atoms with E-state index < -0.39 is 0 Å². The van der Waals surface area contributed by atoms with E-state index in [4.69, 9.17) is 0 Å². The molecule has 0 aliphatic carbocycles. The zero-order valence-corrected chi connectivity index (χ0v) is 15.3. The summed E-state index contributed by atoms with van der Waals surface area (Å²) in [6.45, 7) is 0. The molecular weight excluding hydrogens is 345 g/mol. The molecule has 2 bridgehead atoms. The summed E-state index contributed by atoms with van der Waals surface area (Å²) >= 11 is 0. The topological polar surface area (TPSA) is 45.2 Å². The number of para-hydroxylation sites is 1. The normalized spacial score (nSPS) is 24.8. The number of hydrogen-bond donors (Lipinski definition) is 1. The fourth-order valence-corrected chi connectivity index (χ4v) is 3.98. The molecule has 4 nitrogen and oxygen atoms in total. The monoisotopic (exact) mass is 367 g/mol. The van der Waals surface area contributed by atoms with Crippen LogP contribution < -0.4 is 5.32 Å². The lowest BCUT2D eigenvalue weighted by Crippen LogP contribution is -2.48. The van der Waals surface area contributed by atoms with Gasteiger partial charge in [-0.1, -0.05) is 18.2 Å². The number of amides is 1. The molecule has 2 fully saturated rings. The number of carbonyl (C=O) groups excluding carboxylic acids is 1. The molecule has 2 atom stereocenters. The number of aromatic nitrogens is 1. The van der Waals surface area contributed by atoms with Gasteiger partial charge in [0.2, 0.25) is 0 Å². The van der Waals surface area contributed by atoms with E-state index in [0.717, 1.165) is 23.7 Å². The van der Waals surface area contributed by atoms with Gasteiger partial charge in [0.1, 0.15) is 0 Å². The molecule has 2 aliphatic rings. The number of benzene rings is 1. The third kappa shape index (κ3) is 3.37. The first-order valence-corrected chi connectivity index (χ1v) is 8.09. The summed E-state index contributed by atoms with van der Waals surface area (Å²) in [5.74, 6) is 0.0931. The van der Waals surface area contributed by atoms with E-state index in [1.165, 1.54) is 12.8 Å². The first-order chi connectivity index (χ1) is 10.7. The minimum atomic E-state index is 0. The first kappa shape index (κ1) is 19.0. The highest BCUT2D eigenvalue weighted by Crippen LogP contribution is 2.30. The van der Waals surface area contributed by atoms with Gasteiger partial charge in [-0.05, 0) is 37.8 Å². The van der Waals surface area contributed by atoms with Crippen molar-refractivity contribution in [1.29, 1.82) is 0 Å². The smallest absolute Gasteiger partial charge is 0.256 e. The van der Waals surface area contributed by atoms with Crippen LogP contribution in [0.15, 0.2) is 36.5 Å². The third-order valence-corrected chi connectivity index (χ3v) is 5.18. The highest BCUT2D eigenvalue weighted by atomic mass is 35.5. The summed E-state index contributed by atoms with van der Waals surface area (Å²) in [7, 11) is 1.94. The molecule has 2 unspecified atom stereocenters. The minimum absolute atomic E-state index is 0. The van der Waals surface area contributed by atoms with Gasteiger partial charge in [-0.15, -0.1) is 24.8 Å². The predicted molar refractivity (Wildman–Crippen MR) is 101 cm³/mol. The quantitative estimate of drug-likeness (QED) is 0.883. The molecule has 130 valence electrons. The number of fused-ring (bicyclic) bond motifs is 3. The van der Waals surface area contributed by atoms with Crippen molar-refractivity contribution >= 4 is 41.6 Å².